The Morgan fingerprint density at radius 3 is 2.16 bits per heavy atom. The minimum atomic E-state index is -0.257. The van der Waals surface area contributed by atoms with Crippen molar-refractivity contribution < 1.29 is 24.1 Å². The number of carbonyl (C=O) groups excluding carboxylic acids is 2. The smallest absolute Gasteiger partial charge is 0.244 e. The second kappa shape index (κ2) is 12.1. The normalized spacial score (nSPS) is 18.2. The van der Waals surface area contributed by atoms with Crippen molar-refractivity contribution in [1.82, 2.24) is 10.9 Å². The van der Waals surface area contributed by atoms with Crippen molar-refractivity contribution in [2.75, 3.05) is 39.3 Å². The minimum absolute atomic E-state index is 0.153. The summed E-state index contributed by atoms with van der Waals surface area (Å²) in [5.41, 5.74) is 7.39. The number of hydrazine groups is 1. The summed E-state index contributed by atoms with van der Waals surface area (Å²) in [7, 11) is 0. The maximum atomic E-state index is 12.1. The summed E-state index contributed by atoms with van der Waals surface area (Å²) in [5, 5.41) is 0. The second-order valence-corrected chi connectivity index (χ2v) is 8.12. The average molecular weight is 427 g/mol. The topological polar surface area (TPSA) is 76.3 Å². The first-order valence-electron chi connectivity index (χ1n) is 11.1. The molecule has 2 amide bonds. The third-order valence-corrected chi connectivity index (χ3v) is 5.69. The van der Waals surface area contributed by atoms with E-state index in [1.165, 1.54) is 10.5 Å². The zero-order valence-corrected chi connectivity index (χ0v) is 18.3. The first-order chi connectivity index (χ1) is 15.1. The summed E-state index contributed by atoms with van der Waals surface area (Å²) in [6.07, 6.45) is 0.593. The molecule has 0 spiro atoms. The van der Waals surface area contributed by atoms with Gasteiger partial charge < -0.3 is 14.5 Å². The fraction of sp³-hybridized carbons (Fsp3) is 0.417. The number of para-hydroxylation sites is 1. The fourth-order valence-corrected chi connectivity index (χ4v) is 3.80. The van der Waals surface area contributed by atoms with Gasteiger partial charge in [-0.2, -0.15) is 0 Å². The lowest BCUT2D eigenvalue weighted by molar-refractivity contribution is -1.02. The SMILES string of the molecule is Cc1ccccc1OCCC(=O)NNC(=O)CC[NH+]1CC[NH+](Cc2ccccc2)CC1. The molecule has 1 saturated heterocycles. The molecule has 1 heterocycles. The first-order valence-corrected chi connectivity index (χ1v) is 11.1. The predicted octanol–water partition coefficient (Wildman–Crippen LogP) is -0.715. The molecule has 2 aromatic rings. The summed E-state index contributed by atoms with van der Waals surface area (Å²) in [6, 6.07) is 18.3. The van der Waals surface area contributed by atoms with Crippen LogP contribution in [-0.4, -0.2) is 51.1 Å². The predicted molar refractivity (Wildman–Crippen MR) is 119 cm³/mol. The van der Waals surface area contributed by atoms with Crippen molar-refractivity contribution >= 4 is 11.8 Å². The van der Waals surface area contributed by atoms with Crippen LogP contribution in [0.5, 0.6) is 5.75 Å². The number of piperazine rings is 1. The number of amides is 2. The van der Waals surface area contributed by atoms with Crippen molar-refractivity contribution in [2.45, 2.75) is 26.3 Å². The minimum Gasteiger partial charge on any atom is -0.493 e. The zero-order valence-electron chi connectivity index (χ0n) is 18.3. The van der Waals surface area contributed by atoms with E-state index in [9.17, 15) is 9.59 Å². The van der Waals surface area contributed by atoms with E-state index >= 15 is 0 Å². The number of carbonyl (C=O) groups is 2. The lowest BCUT2D eigenvalue weighted by Gasteiger charge is -2.29. The molecule has 1 aliphatic rings. The summed E-state index contributed by atoms with van der Waals surface area (Å²) >= 11 is 0. The van der Waals surface area contributed by atoms with Gasteiger partial charge in [0, 0.05) is 5.56 Å². The monoisotopic (exact) mass is 426 g/mol. The van der Waals surface area contributed by atoms with Gasteiger partial charge >= 0.3 is 0 Å². The number of ether oxygens (including phenoxy) is 1. The third kappa shape index (κ3) is 8.03. The van der Waals surface area contributed by atoms with Gasteiger partial charge in [0.2, 0.25) is 11.8 Å². The summed E-state index contributed by atoms with van der Waals surface area (Å²) in [5.74, 6) is 0.361. The van der Waals surface area contributed by atoms with Gasteiger partial charge in [-0.1, -0.05) is 48.5 Å². The number of hydrogen-bond donors (Lipinski definition) is 4. The number of aryl methyl sites for hydroxylation is 1. The molecule has 0 aromatic heterocycles. The molecule has 0 saturated carbocycles. The molecular weight excluding hydrogens is 392 g/mol. The van der Waals surface area contributed by atoms with E-state index in [1.807, 2.05) is 37.3 Å². The van der Waals surface area contributed by atoms with Crippen LogP contribution in [0.2, 0.25) is 0 Å². The van der Waals surface area contributed by atoms with E-state index < -0.39 is 0 Å². The Kier molecular flexibility index (Phi) is 8.87. The van der Waals surface area contributed by atoms with E-state index in [2.05, 4.69) is 35.1 Å². The van der Waals surface area contributed by atoms with Gasteiger partial charge in [0.1, 0.15) is 38.5 Å². The summed E-state index contributed by atoms with van der Waals surface area (Å²) in [6.45, 7) is 8.45. The lowest BCUT2D eigenvalue weighted by atomic mass is 10.2. The molecule has 3 rings (SSSR count). The van der Waals surface area contributed by atoms with Crippen LogP contribution in [-0.2, 0) is 16.1 Å². The molecule has 1 aliphatic heterocycles. The van der Waals surface area contributed by atoms with Gasteiger partial charge in [0.05, 0.1) is 26.0 Å². The quantitative estimate of drug-likeness (QED) is 0.400. The third-order valence-electron chi connectivity index (χ3n) is 5.69. The van der Waals surface area contributed by atoms with Crippen LogP contribution in [0.1, 0.15) is 24.0 Å². The summed E-state index contributed by atoms with van der Waals surface area (Å²) in [4.78, 5) is 27.0. The van der Waals surface area contributed by atoms with Crippen LogP contribution >= 0.6 is 0 Å². The Morgan fingerprint density at radius 1 is 0.839 bits per heavy atom. The van der Waals surface area contributed by atoms with Crippen LogP contribution in [0.4, 0.5) is 0 Å². The molecule has 7 nitrogen and oxygen atoms in total. The number of nitrogens with one attached hydrogen (secondary N) is 4. The van der Waals surface area contributed by atoms with Gasteiger partial charge in [-0.05, 0) is 18.6 Å². The molecule has 0 atom stereocenters. The van der Waals surface area contributed by atoms with Crippen molar-refractivity contribution in [3.8, 4) is 5.75 Å². The molecular formula is C24H34N4O3+2. The number of quaternary nitrogens is 2. The van der Waals surface area contributed by atoms with Crippen molar-refractivity contribution in [3.63, 3.8) is 0 Å². The van der Waals surface area contributed by atoms with Gasteiger partial charge in [0.25, 0.3) is 0 Å². The maximum absolute atomic E-state index is 12.1. The number of benzene rings is 2. The van der Waals surface area contributed by atoms with Crippen LogP contribution < -0.4 is 25.4 Å². The van der Waals surface area contributed by atoms with Crippen LogP contribution in [0, 0.1) is 6.92 Å². The molecule has 0 bridgehead atoms. The molecule has 7 heteroatoms. The van der Waals surface area contributed by atoms with Crippen molar-refractivity contribution in [3.05, 3.63) is 65.7 Å². The van der Waals surface area contributed by atoms with E-state index in [0.717, 1.165) is 50.6 Å². The van der Waals surface area contributed by atoms with Gasteiger partial charge in [-0.3, -0.25) is 20.4 Å². The van der Waals surface area contributed by atoms with E-state index in [-0.39, 0.29) is 24.8 Å². The van der Waals surface area contributed by atoms with Crippen LogP contribution in [0.25, 0.3) is 0 Å². The molecule has 0 aliphatic carbocycles. The second-order valence-electron chi connectivity index (χ2n) is 8.12. The van der Waals surface area contributed by atoms with Crippen LogP contribution in [0.15, 0.2) is 54.6 Å². The molecule has 4 N–H and O–H groups in total. The Balaban J connectivity index is 1.24. The molecule has 0 unspecified atom stereocenters. The average Bonchev–Trinajstić information content (AvgIpc) is 2.79. The molecule has 2 aromatic carbocycles. The summed E-state index contributed by atoms with van der Waals surface area (Å²) < 4.78 is 5.61. The molecule has 166 valence electrons. The molecule has 1 fully saturated rings. The maximum Gasteiger partial charge on any atom is 0.244 e. The highest BCUT2D eigenvalue weighted by molar-refractivity contribution is 5.81. The van der Waals surface area contributed by atoms with E-state index in [1.54, 1.807) is 4.90 Å². The standard InChI is InChI=1S/C24H32N4O3/c1-20-7-5-6-10-22(20)31-18-12-24(30)26-25-23(29)11-13-27-14-16-28(17-15-27)19-21-8-3-2-4-9-21/h2-10H,11-19H2,1H3,(H,25,29)(H,26,30)/p+2. The molecule has 31 heavy (non-hydrogen) atoms. The zero-order chi connectivity index (χ0) is 21.9. The molecule has 0 radical (unpaired) electrons. The van der Waals surface area contributed by atoms with E-state index in [4.69, 9.17) is 4.74 Å². The highest BCUT2D eigenvalue weighted by Gasteiger charge is 2.23. The highest BCUT2D eigenvalue weighted by Crippen LogP contribution is 2.15. The Morgan fingerprint density at radius 2 is 1.45 bits per heavy atom. The Hall–Kier alpha value is -2.90. The van der Waals surface area contributed by atoms with Crippen LogP contribution in [0.3, 0.4) is 0 Å². The Labute approximate surface area is 184 Å². The van der Waals surface area contributed by atoms with E-state index in [0.29, 0.717) is 6.42 Å². The number of hydrogen-bond acceptors (Lipinski definition) is 3. The highest BCUT2D eigenvalue weighted by atomic mass is 16.5. The van der Waals surface area contributed by atoms with Crippen molar-refractivity contribution in [1.29, 1.82) is 0 Å². The Bertz CT molecular complexity index is 836. The lowest BCUT2D eigenvalue weighted by Crippen LogP contribution is -3.27. The van der Waals surface area contributed by atoms with Crippen molar-refractivity contribution in [2.24, 2.45) is 0 Å². The first kappa shape index (κ1) is 22.8. The van der Waals surface area contributed by atoms with Gasteiger partial charge in [-0.15, -0.1) is 0 Å². The van der Waals surface area contributed by atoms with Gasteiger partial charge in [0.15, 0.2) is 0 Å². The number of rotatable bonds is 9. The fourth-order valence-electron chi connectivity index (χ4n) is 3.80. The van der Waals surface area contributed by atoms with Gasteiger partial charge in [-0.25, -0.2) is 0 Å². The largest absolute Gasteiger partial charge is 0.493 e.